The molecule has 0 aliphatic heterocycles. The second-order valence-electron chi connectivity index (χ2n) is 5.53. The maximum absolute atomic E-state index is 11.9. The van der Waals surface area contributed by atoms with Crippen molar-refractivity contribution in [2.45, 2.75) is 64.0 Å². The third kappa shape index (κ3) is 5.38. The smallest absolute Gasteiger partial charge is 0.259 e. The summed E-state index contributed by atoms with van der Waals surface area (Å²) in [7, 11) is 0. The van der Waals surface area contributed by atoms with Gasteiger partial charge in [-0.1, -0.05) is 51.5 Å². The molecule has 0 heterocycles. The molecule has 1 saturated carbocycles. The molecule has 0 aromatic rings. The molecule has 0 amide bonds. The lowest BCUT2D eigenvalue weighted by Gasteiger charge is -2.19. The van der Waals surface area contributed by atoms with Gasteiger partial charge in [0.2, 0.25) is 5.78 Å². The van der Waals surface area contributed by atoms with E-state index in [1.54, 1.807) is 0 Å². The minimum Gasteiger partial charge on any atom is -0.285 e. The highest BCUT2D eigenvalue weighted by Gasteiger charge is 2.23. The highest BCUT2D eigenvalue weighted by molar-refractivity contribution is 8.16. The van der Waals surface area contributed by atoms with Gasteiger partial charge in [0.1, 0.15) is 0 Å². The van der Waals surface area contributed by atoms with Gasteiger partial charge in [-0.05, 0) is 37.2 Å². The van der Waals surface area contributed by atoms with Crippen LogP contribution >= 0.6 is 11.8 Å². The standard InChI is InChI=1S/C15H24O2S/c1-11(2)9-10-12(3)14(16)15(17)18-13-7-5-4-6-8-13/h11,13H,3-10H2,1-2H3. The van der Waals surface area contributed by atoms with Crippen LogP contribution in [-0.2, 0) is 9.59 Å². The van der Waals surface area contributed by atoms with Crippen molar-refractivity contribution in [3.05, 3.63) is 12.2 Å². The molecule has 0 aromatic heterocycles. The Morgan fingerprint density at radius 3 is 2.39 bits per heavy atom. The van der Waals surface area contributed by atoms with E-state index in [1.807, 2.05) is 0 Å². The van der Waals surface area contributed by atoms with Gasteiger partial charge in [-0.2, -0.15) is 0 Å². The molecule has 1 aliphatic rings. The molecule has 0 saturated heterocycles. The van der Waals surface area contributed by atoms with E-state index in [-0.39, 0.29) is 10.9 Å². The molecule has 3 heteroatoms. The van der Waals surface area contributed by atoms with Crippen molar-refractivity contribution < 1.29 is 9.59 Å². The molecule has 0 N–H and O–H groups in total. The van der Waals surface area contributed by atoms with Gasteiger partial charge >= 0.3 is 0 Å². The first-order chi connectivity index (χ1) is 8.50. The SMILES string of the molecule is C=C(CCC(C)C)C(=O)C(=O)SC1CCCCC1. The van der Waals surface area contributed by atoms with Gasteiger partial charge in [0.15, 0.2) is 0 Å². The van der Waals surface area contributed by atoms with Gasteiger partial charge in [-0.15, -0.1) is 0 Å². The zero-order valence-corrected chi connectivity index (χ0v) is 12.4. The van der Waals surface area contributed by atoms with Crippen LogP contribution in [0.25, 0.3) is 0 Å². The van der Waals surface area contributed by atoms with Crippen LogP contribution in [0.2, 0.25) is 0 Å². The van der Waals surface area contributed by atoms with E-state index in [1.165, 1.54) is 31.0 Å². The van der Waals surface area contributed by atoms with Gasteiger partial charge in [-0.25, -0.2) is 0 Å². The summed E-state index contributed by atoms with van der Waals surface area (Å²) in [5.41, 5.74) is 0.483. The minimum atomic E-state index is -0.355. The quantitative estimate of drug-likeness (QED) is 0.536. The molecule has 0 unspecified atom stereocenters. The van der Waals surface area contributed by atoms with E-state index in [2.05, 4.69) is 20.4 Å². The first-order valence-electron chi connectivity index (χ1n) is 6.93. The van der Waals surface area contributed by atoms with Crippen molar-refractivity contribution in [1.82, 2.24) is 0 Å². The summed E-state index contributed by atoms with van der Waals surface area (Å²) in [6.07, 6.45) is 7.35. The van der Waals surface area contributed by atoms with E-state index in [0.717, 1.165) is 19.3 Å². The highest BCUT2D eigenvalue weighted by atomic mass is 32.2. The number of allylic oxidation sites excluding steroid dienone is 1. The van der Waals surface area contributed by atoms with Crippen LogP contribution in [0.5, 0.6) is 0 Å². The van der Waals surface area contributed by atoms with Gasteiger partial charge in [0, 0.05) is 5.25 Å². The van der Waals surface area contributed by atoms with Crippen molar-refractivity contribution in [1.29, 1.82) is 0 Å². The van der Waals surface area contributed by atoms with Crippen LogP contribution < -0.4 is 0 Å². The summed E-state index contributed by atoms with van der Waals surface area (Å²) in [5.74, 6) is 0.182. The summed E-state index contributed by atoms with van der Waals surface area (Å²) < 4.78 is 0. The van der Waals surface area contributed by atoms with Crippen LogP contribution in [0.4, 0.5) is 0 Å². The molecule has 0 atom stereocenters. The fraction of sp³-hybridized carbons (Fsp3) is 0.733. The van der Waals surface area contributed by atoms with Gasteiger partial charge < -0.3 is 0 Å². The van der Waals surface area contributed by atoms with Crippen LogP contribution in [0.1, 0.15) is 58.8 Å². The number of ketones is 1. The number of Topliss-reactive ketones (excluding diaryl/α,β-unsaturated/α-hetero) is 1. The fourth-order valence-corrected chi connectivity index (χ4v) is 3.23. The first-order valence-corrected chi connectivity index (χ1v) is 7.81. The zero-order chi connectivity index (χ0) is 13.5. The number of hydrogen-bond donors (Lipinski definition) is 0. The largest absolute Gasteiger partial charge is 0.285 e. The second kappa shape index (κ2) is 7.78. The average Bonchev–Trinajstić information content (AvgIpc) is 2.36. The number of thioether (sulfide) groups is 1. The Morgan fingerprint density at radius 2 is 1.83 bits per heavy atom. The van der Waals surface area contributed by atoms with E-state index < -0.39 is 0 Å². The third-order valence-electron chi connectivity index (χ3n) is 3.36. The predicted octanol–water partition coefficient (Wildman–Crippen LogP) is 4.14. The van der Waals surface area contributed by atoms with E-state index >= 15 is 0 Å². The minimum absolute atomic E-state index is 0.296. The van der Waals surface area contributed by atoms with Crippen LogP contribution in [0, 0.1) is 5.92 Å². The summed E-state index contributed by atoms with van der Waals surface area (Å²) >= 11 is 1.24. The molecule has 2 nitrogen and oxygen atoms in total. The topological polar surface area (TPSA) is 34.1 Å². The maximum Gasteiger partial charge on any atom is 0.259 e. The Hall–Kier alpha value is -0.570. The maximum atomic E-state index is 11.9. The van der Waals surface area contributed by atoms with E-state index in [4.69, 9.17) is 0 Å². The molecule has 0 spiro atoms. The lowest BCUT2D eigenvalue weighted by Crippen LogP contribution is -2.18. The summed E-state index contributed by atoms with van der Waals surface area (Å²) in [4.78, 5) is 23.7. The average molecular weight is 268 g/mol. The Morgan fingerprint density at radius 1 is 1.22 bits per heavy atom. The molecular formula is C15H24O2S. The Bertz CT molecular complexity index is 314. The van der Waals surface area contributed by atoms with Crippen LogP contribution in [0.15, 0.2) is 12.2 Å². The molecule has 1 aliphatic carbocycles. The number of carbonyl (C=O) groups excluding carboxylic acids is 2. The Labute approximate surface area is 115 Å². The number of carbonyl (C=O) groups is 2. The normalized spacial score (nSPS) is 16.8. The van der Waals surface area contributed by atoms with E-state index in [9.17, 15) is 9.59 Å². The summed E-state index contributed by atoms with van der Waals surface area (Å²) in [6.45, 7) is 7.97. The number of hydrogen-bond acceptors (Lipinski definition) is 3. The van der Waals surface area contributed by atoms with Crippen molar-refractivity contribution in [3.63, 3.8) is 0 Å². The van der Waals surface area contributed by atoms with E-state index in [0.29, 0.717) is 23.2 Å². The molecule has 1 rings (SSSR count). The van der Waals surface area contributed by atoms with Crippen LogP contribution in [0.3, 0.4) is 0 Å². The molecule has 102 valence electrons. The molecule has 18 heavy (non-hydrogen) atoms. The Kier molecular flexibility index (Phi) is 6.69. The summed E-state index contributed by atoms with van der Waals surface area (Å²) in [6, 6.07) is 0. The second-order valence-corrected chi connectivity index (χ2v) is 6.80. The molecule has 0 bridgehead atoms. The lowest BCUT2D eigenvalue weighted by molar-refractivity contribution is -0.129. The fourth-order valence-electron chi connectivity index (χ4n) is 2.11. The lowest BCUT2D eigenvalue weighted by atomic mass is 10.0. The van der Waals surface area contributed by atoms with Crippen molar-refractivity contribution in [3.8, 4) is 0 Å². The third-order valence-corrected chi connectivity index (χ3v) is 4.56. The first kappa shape index (κ1) is 15.5. The van der Waals surface area contributed by atoms with Gasteiger partial charge in [0.05, 0.1) is 0 Å². The summed E-state index contributed by atoms with van der Waals surface area (Å²) in [5, 5.41) is 0.0590. The molecule has 0 aromatic carbocycles. The number of rotatable bonds is 6. The van der Waals surface area contributed by atoms with Crippen molar-refractivity contribution in [2.75, 3.05) is 0 Å². The molecule has 1 fully saturated rings. The molecule has 0 radical (unpaired) electrons. The van der Waals surface area contributed by atoms with Gasteiger partial charge in [-0.3, -0.25) is 9.59 Å². The Balaban J connectivity index is 2.35. The van der Waals surface area contributed by atoms with Crippen molar-refractivity contribution in [2.24, 2.45) is 5.92 Å². The molecular weight excluding hydrogens is 244 g/mol. The highest BCUT2D eigenvalue weighted by Crippen LogP contribution is 2.29. The van der Waals surface area contributed by atoms with Crippen molar-refractivity contribution >= 4 is 22.7 Å². The zero-order valence-electron chi connectivity index (χ0n) is 11.5. The van der Waals surface area contributed by atoms with Crippen LogP contribution in [-0.4, -0.2) is 16.1 Å². The van der Waals surface area contributed by atoms with Gasteiger partial charge in [0.25, 0.3) is 5.12 Å². The predicted molar refractivity (Wildman–Crippen MR) is 77.7 cm³/mol. The monoisotopic (exact) mass is 268 g/mol.